The van der Waals surface area contributed by atoms with Crippen molar-refractivity contribution in [1.82, 2.24) is 19.7 Å². The van der Waals surface area contributed by atoms with Crippen molar-refractivity contribution in [3.8, 4) is 11.5 Å². The van der Waals surface area contributed by atoms with Gasteiger partial charge in [0.25, 0.3) is 0 Å². The maximum Gasteiger partial charge on any atom is 0.195 e. The summed E-state index contributed by atoms with van der Waals surface area (Å²) in [6.07, 6.45) is 1.76. The minimum absolute atomic E-state index is 0.620. The number of rotatable bonds is 3. The van der Waals surface area contributed by atoms with Gasteiger partial charge < -0.3 is 0 Å². The van der Waals surface area contributed by atoms with Crippen molar-refractivity contribution in [3.05, 3.63) is 50.6 Å². The zero-order chi connectivity index (χ0) is 14.1. The number of aromatic nitrogens is 4. The molecule has 0 aromatic carbocycles. The normalized spacial score (nSPS) is 10.9. The third kappa shape index (κ3) is 2.44. The van der Waals surface area contributed by atoms with E-state index in [1.54, 1.807) is 17.5 Å². The molecule has 6 heteroatoms. The number of nitrogens with zero attached hydrogens (tertiary/aromatic N) is 3. The number of hydrogen-bond acceptors (Lipinski definition) is 4. The first kappa shape index (κ1) is 13.2. The van der Waals surface area contributed by atoms with Crippen LogP contribution in [-0.4, -0.2) is 19.7 Å². The van der Waals surface area contributed by atoms with Crippen LogP contribution in [0.1, 0.15) is 15.3 Å². The van der Waals surface area contributed by atoms with E-state index in [-0.39, 0.29) is 0 Å². The summed E-state index contributed by atoms with van der Waals surface area (Å²) < 4.78 is 2.61. The van der Waals surface area contributed by atoms with Crippen LogP contribution >= 0.6 is 23.6 Å². The summed E-state index contributed by atoms with van der Waals surface area (Å²) >= 11 is 7.13. The molecule has 3 aromatic rings. The molecule has 0 fully saturated rings. The Morgan fingerprint density at radius 2 is 2.20 bits per heavy atom. The first-order valence-corrected chi connectivity index (χ1v) is 7.50. The van der Waals surface area contributed by atoms with Crippen LogP contribution in [0.25, 0.3) is 11.5 Å². The number of pyridine rings is 1. The molecule has 0 aliphatic rings. The van der Waals surface area contributed by atoms with E-state index in [9.17, 15) is 0 Å². The van der Waals surface area contributed by atoms with Crippen molar-refractivity contribution in [2.24, 2.45) is 0 Å². The highest BCUT2D eigenvalue weighted by Gasteiger charge is 2.11. The highest BCUT2D eigenvalue weighted by molar-refractivity contribution is 7.71. The Labute approximate surface area is 126 Å². The molecule has 0 aliphatic carbocycles. The molecule has 0 atom stereocenters. The zero-order valence-corrected chi connectivity index (χ0v) is 12.9. The first-order valence-electron chi connectivity index (χ1n) is 6.27. The first-order chi connectivity index (χ1) is 9.65. The second kappa shape index (κ2) is 5.30. The maximum atomic E-state index is 5.33. The molecular weight excluding hydrogens is 288 g/mol. The molecular formula is C14H14N4S2. The van der Waals surface area contributed by atoms with Crippen molar-refractivity contribution in [2.75, 3.05) is 0 Å². The summed E-state index contributed by atoms with van der Waals surface area (Å²) in [4.78, 5) is 6.96. The largest absolute Gasteiger partial charge is 0.294 e. The fourth-order valence-electron chi connectivity index (χ4n) is 2.04. The van der Waals surface area contributed by atoms with E-state index in [4.69, 9.17) is 12.2 Å². The second-order valence-corrected chi connectivity index (χ2v) is 6.33. The second-order valence-electron chi connectivity index (χ2n) is 4.61. The molecule has 20 heavy (non-hydrogen) atoms. The lowest BCUT2D eigenvalue weighted by Gasteiger charge is -2.04. The summed E-state index contributed by atoms with van der Waals surface area (Å²) in [5.41, 5.74) is 2.14. The molecule has 0 bridgehead atoms. The summed E-state index contributed by atoms with van der Waals surface area (Å²) in [5.74, 6) is 0.777. The molecule has 0 saturated carbocycles. The van der Waals surface area contributed by atoms with Gasteiger partial charge in [0.2, 0.25) is 0 Å². The van der Waals surface area contributed by atoms with Crippen molar-refractivity contribution in [2.45, 2.75) is 20.4 Å². The monoisotopic (exact) mass is 302 g/mol. The van der Waals surface area contributed by atoms with Crippen LogP contribution in [0, 0.1) is 18.6 Å². The van der Waals surface area contributed by atoms with E-state index in [2.05, 4.69) is 35.1 Å². The quantitative estimate of drug-likeness (QED) is 0.750. The van der Waals surface area contributed by atoms with Gasteiger partial charge in [-0.25, -0.2) is 0 Å². The number of aryl methyl sites for hydroxylation is 2. The third-order valence-corrected chi connectivity index (χ3v) is 4.63. The minimum Gasteiger partial charge on any atom is -0.294 e. The van der Waals surface area contributed by atoms with Crippen LogP contribution in [0.4, 0.5) is 0 Å². The summed E-state index contributed by atoms with van der Waals surface area (Å²) in [5, 5.41) is 7.16. The molecule has 0 spiro atoms. The zero-order valence-electron chi connectivity index (χ0n) is 11.3. The number of nitrogens with one attached hydrogen (secondary N) is 1. The minimum atomic E-state index is 0.620. The van der Waals surface area contributed by atoms with Crippen molar-refractivity contribution >= 4 is 23.6 Å². The van der Waals surface area contributed by atoms with Gasteiger partial charge in [-0.1, -0.05) is 6.07 Å². The van der Waals surface area contributed by atoms with Crippen LogP contribution < -0.4 is 0 Å². The number of hydrogen-bond donors (Lipinski definition) is 1. The number of thiophene rings is 1. The topological polar surface area (TPSA) is 46.5 Å². The molecule has 102 valence electrons. The Morgan fingerprint density at radius 3 is 2.85 bits per heavy atom. The molecule has 0 aliphatic heterocycles. The molecule has 4 nitrogen and oxygen atoms in total. The Balaban J connectivity index is 2.02. The van der Waals surface area contributed by atoms with E-state index in [1.165, 1.54) is 15.3 Å². The van der Waals surface area contributed by atoms with Gasteiger partial charge in [0.1, 0.15) is 5.69 Å². The Bertz CT molecular complexity index is 764. The fraction of sp³-hybridized carbons (Fsp3) is 0.214. The molecule has 0 radical (unpaired) electrons. The van der Waals surface area contributed by atoms with Crippen LogP contribution in [0.2, 0.25) is 0 Å². The van der Waals surface area contributed by atoms with E-state index < -0.39 is 0 Å². The van der Waals surface area contributed by atoms with Crippen LogP contribution in [0.15, 0.2) is 30.5 Å². The van der Waals surface area contributed by atoms with Gasteiger partial charge in [0, 0.05) is 16.0 Å². The van der Waals surface area contributed by atoms with E-state index >= 15 is 0 Å². The Morgan fingerprint density at radius 1 is 1.35 bits per heavy atom. The number of aromatic amines is 1. The van der Waals surface area contributed by atoms with Crippen molar-refractivity contribution in [3.63, 3.8) is 0 Å². The third-order valence-electron chi connectivity index (χ3n) is 3.18. The summed E-state index contributed by atoms with van der Waals surface area (Å²) in [6, 6.07) is 7.98. The van der Waals surface area contributed by atoms with Crippen molar-refractivity contribution in [1.29, 1.82) is 0 Å². The molecule has 1 N–H and O–H groups in total. The van der Waals surface area contributed by atoms with Gasteiger partial charge in [-0.05, 0) is 49.8 Å². The van der Waals surface area contributed by atoms with Gasteiger partial charge in [-0.15, -0.1) is 11.3 Å². The van der Waals surface area contributed by atoms with Crippen LogP contribution in [0.5, 0.6) is 0 Å². The maximum absolute atomic E-state index is 5.33. The molecule has 3 rings (SSSR count). The Kier molecular flexibility index (Phi) is 3.50. The predicted molar refractivity (Wildman–Crippen MR) is 83.5 cm³/mol. The van der Waals surface area contributed by atoms with E-state index in [0.717, 1.165) is 18.1 Å². The average molecular weight is 302 g/mol. The molecule has 0 unspecified atom stereocenters. The van der Waals surface area contributed by atoms with E-state index in [0.29, 0.717) is 4.77 Å². The van der Waals surface area contributed by atoms with Gasteiger partial charge in [-0.3, -0.25) is 14.6 Å². The SMILES string of the molecule is Cc1cc(Cn2c(-c3ccccn3)n[nH]c2=S)sc1C. The smallest absolute Gasteiger partial charge is 0.195 e. The number of H-pyrrole nitrogens is 1. The van der Waals surface area contributed by atoms with Gasteiger partial charge in [-0.2, -0.15) is 5.10 Å². The lowest BCUT2D eigenvalue weighted by molar-refractivity contribution is 0.799. The van der Waals surface area contributed by atoms with Crippen LogP contribution in [-0.2, 0) is 6.54 Å². The van der Waals surface area contributed by atoms with Gasteiger partial charge in [0.15, 0.2) is 10.6 Å². The summed E-state index contributed by atoms with van der Waals surface area (Å²) in [7, 11) is 0. The fourth-order valence-corrected chi connectivity index (χ4v) is 3.28. The average Bonchev–Trinajstić information content (AvgIpc) is 2.96. The lowest BCUT2D eigenvalue weighted by Crippen LogP contribution is -2.01. The van der Waals surface area contributed by atoms with Crippen LogP contribution in [0.3, 0.4) is 0 Å². The van der Waals surface area contributed by atoms with Gasteiger partial charge >= 0.3 is 0 Å². The molecule has 3 aromatic heterocycles. The molecule has 3 heterocycles. The molecule has 0 amide bonds. The lowest BCUT2D eigenvalue weighted by atomic mass is 10.3. The van der Waals surface area contributed by atoms with E-state index in [1.807, 2.05) is 22.8 Å². The van der Waals surface area contributed by atoms with Gasteiger partial charge in [0.05, 0.1) is 6.54 Å². The highest BCUT2D eigenvalue weighted by atomic mass is 32.1. The summed E-state index contributed by atoms with van der Waals surface area (Å²) in [6.45, 7) is 4.99. The van der Waals surface area contributed by atoms with Crippen molar-refractivity contribution < 1.29 is 0 Å². The Hall–Kier alpha value is -1.79. The molecule has 0 saturated heterocycles. The standard InChI is InChI=1S/C14H14N4S2/c1-9-7-11(20-10(9)2)8-18-13(16-17-14(18)19)12-5-3-4-6-15-12/h3-7H,8H2,1-2H3,(H,17,19). The predicted octanol–water partition coefficient (Wildman–Crippen LogP) is 3.73. The highest BCUT2D eigenvalue weighted by Crippen LogP contribution is 2.23.